The van der Waals surface area contributed by atoms with E-state index in [4.69, 9.17) is 0 Å². The second-order valence-electron chi connectivity index (χ2n) is 10.5. The third-order valence-electron chi connectivity index (χ3n) is 7.12. The highest BCUT2D eigenvalue weighted by atomic mass is 32.2. The van der Waals surface area contributed by atoms with E-state index in [1.54, 1.807) is 19.1 Å². The average molecular weight is 528 g/mol. The monoisotopic (exact) mass is 527 g/mol. The van der Waals surface area contributed by atoms with Crippen molar-refractivity contribution >= 4 is 27.5 Å². The summed E-state index contributed by atoms with van der Waals surface area (Å²) in [6.07, 6.45) is 6.34. The molecule has 0 heterocycles. The van der Waals surface area contributed by atoms with Crippen LogP contribution in [-0.4, -0.2) is 50.0 Å². The first-order valence-electron chi connectivity index (χ1n) is 13.2. The lowest BCUT2D eigenvalue weighted by molar-refractivity contribution is -0.139. The SMILES string of the molecule is Cc1ccc(CN(C(=O)CN(c2ccc(C(C)C)cc2)S(C)(=O)=O)[C@H](C)C(=O)NC2CCCCC2)cc1. The van der Waals surface area contributed by atoms with Crippen molar-refractivity contribution in [1.82, 2.24) is 10.2 Å². The van der Waals surface area contributed by atoms with E-state index >= 15 is 0 Å². The van der Waals surface area contributed by atoms with Crippen molar-refractivity contribution in [1.29, 1.82) is 0 Å². The maximum absolute atomic E-state index is 13.7. The van der Waals surface area contributed by atoms with Crippen LogP contribution in [-0.2, 0) is 26.2 Å². The zero-order chi connectivity index (χ0) is 27.2. The Morgan fingerprint density at radius 2 is 1.54 bits per heavy atom. The summed E-state index contributed by atoms with van der Waals surface area (Å²) in [5, 5.41) is 3.12. The Bertz CT molecular complexity index is 1150. The van der Waals surface area contributed by atoms with E-state index in [2.05, 4.69) is 19.2 Å². The van der Waals surface area contributed by atoms with Crippen LogP contribution in [0.25, 0.3) is 0 Å². The Labute approximate surface area is 222 Å². The Morgan fingerprint density at radius 1 is 0.946 bits per heavy atom. The molecule has 1 fully saturated rings. The summed E-state index contributed by atoms with van der Waals surface area (Å²) in [5.41, 5.74) is 3.48. The topological polar surface area (TPSA) is 86.8 Å². The molecule has 0 saturated heterocycles. The van der Waals surface area contributed by atoms with Crippen LogP contribution in [0.5, 0.6) is 0 Å². The van der Waals surface area contributed by atoms with Gasteiger partial charge in [0.1, 0.15) is 12.6 Å². The van der Waals surface area contributed by atoms with Crippen LogP contribution in [0.3, 0.4) is 0 Å². The summed E-state index contributed by atoms with van der Waals surface area (Å²) in [6.45, 7) is 7.66. The first-order chi connectivity index (χ1) is 17.5. The normalized spacial score (nSPS) is 15.3. The van der Waals surface area contributed by atoms with Crippen molar-refractivity contribution in [3.05, 3.63) is 65.2 Å². The van der Waals surface area contributed by atoms with Gasteiger partial charge in [-0.2, -0.15) is 0 Å². The van der Waals surface area contributed by atoms with Crippen LogP contribution < -0.4 is 9.62 Å². The summed E-state index contributed by atoms with van der Waals surface area (Å²) < 4.78 is 26.6. The van der Waals surface area contributed by atoms with E-state index in [9.17, 15) is 18.0 Å². The highest BCUT2D eigenvalue weighted by Gasteiger charge is 2.31. The van der Waals surface area contributed by atoms with Gasteiger partial charge in [-0.3, -0.25) is 13.9 Å². The quantitative estimate of drug-likeness (QED) is 0.483. The molecule has 7 nitrogen and oxygen atoms in total. The molecular formula is C29H41N3O4S. The van der Waals surface area contributed by atoms with Crippen LogP contribution in [0.1, 0.15) is 75.5 Å². The zero-order valence-corrected chi connectivity index (χ0v) is 23.6. The molecule has 1 atom stereocenters. The maximum Gasteiger partial charge on any atom is 0.244 e. The predicted molar refractivity (Wildman–Crippen MR) is 149 cm³/mol. The summed E-state index contributed by atoms with van der Waals surface area (Å²) in [7, 11) is -3.74. The number of nitrogens with zero attached hydrogens (tertiary/aromatic N) is 2. The first-order valence-corrected chi connectivity index (χ1v) is 15.0. The zero-order valence-electron chi connectivity index (χ0n) is 22.7. The van der Waals surface area contributed by atoms with E-state index < -0.39 is 22.0 Å². The van der Waals surface area contributed by atoms with E-state index in [0.29, 0.717) is 11.6 Å². The molecule has 0 radical (unpaired) electrons. The van der Waals surface area contributed by atoms with Gasteiger partial charge in [0.15, 0.2) is 0 Å². The number of nitrogens with one attached hydrogen (secondary N) is 1. The molecule has 0 aliphatic heterocycles. The minimum atomic E-state index is -3.74. The smallest absolute Gasteiger partial charge is 0.244 e. The second-order valence-corrected chi connectivity index (χ2v) is 12.4. The van der Waals surface area contributed by atoms with Crippen LogP contribution >= 0.6 is 0 Å². The number of carbonyl (C=O) groups excluding carboxylic acids is 2. The Hall–Kier alpha value is -2.87. The van der Waals surface area contributed by atoms with Crippen molar-refractivity contribution in [3.63, 3.8) is 0 Å². The number of anilines is 1. The van der Waals surface area contributed by atoms with E-state index in [1.165, 1.54) is 11.3 Å². The first kappa shape index (κ1) is 28.7. The molecule has 1 saturated carbocycles. The molecular weight excluding hydrogens is 486 g/mol. The third-order valence-corrected chi connectivity index (χ3v) is 8.26. The molecule has 2 aromatic carbocycles. The Balaban J connectivity index is 1.86. The van der Waals surface area contributed by atoms with Gasteiger partial charge >= 0.3 is 0 Å². The number of benzene rings is 2. The van der Waals surface area contributed by atoms with Crippen LogP contribution in [0, 0.1) is 6.92 Å². The summed E-state index contributed by atoms with van der Waals surface area (Å²) >= 11 is 0. The molecule has 2 aromatic rings. The summed E-state index contributed by atoms with van der Waals surface area (Å²) in [6, 6.07) is 14.4. The molecule has 0 aromatic heterocycles. The fraction of sp³-hybridized carbons (Fsp3) is 0.517. The van der Waals surface area contributed by atoms with Crippen LogP contribution in [0.15, 0.2) is 48.5 Å². The van der Waals surface area contributed by atoms with Crippen molar-refractivity contribution in [2.24, 2.45) is 0 Å². The minimum absolute atomic E-state index is 0.118. The number of amides is 2. The van der Waals surface area contributed by atoms with Gasteiger partial charge in [0, 0.05) is 12.6 Å². The highest BCUT2D eigenvalue weighted by molar-refractivity contribution is 7.92. The molecule has 37 heavy (non-hydrogen) atoms. The van der Waals surface area contributed by atoms with E-state index in [-0.39, 0.29) is 25.0 Å². The van der Waals surface area contributed by atoms with Gasteiger partial charge in [0.25, 0.3) is 0 Å². The fourth-order valence-electron chi connectivity index (χ4n) is 4.68. The van der Waals surface area contributed by atoms with Gasteiger partial charge in [-0.05, 0) is 55.9 Å². The third kappa shape index (κ3) is 8.06. The van der Waals surface area contributed by atoms with Crippen molar-refractivity contribution in [2.75, 3.05) is 17.1 Å². The fourth-order valence-corrected chi connectivity index (χ4v) is 5.53. The van der Waals surface area contributed by atoms with Gasteiger partial charge in [-0.15, -0.1) is 0 Å². The molecule has 1 aliphatic rings. The molecule has 1 aliphatic carbocycles. The lowest BCUT2D eigenvalue weighted by Crippen LogP contribution is -2.52. The number of sulfonamides is 1. The molecule has 0 unspecified atom stereocenters. The lowest BCUT2D eigenvalue weighted by atomic mass is 9.95. The van der Waals surface area contributed by atoms with Gasteiger partial charge in [0.05, 0.1) is 11.9 Å². The van der Waals surface area contributed by atoms with Crippen molar-refractivity contribution < 1.29 is 18.0 Å². The van der Waals surface area contributed by atoms with Crippen molar-refractivity contribution in [3.8, 4) is 0 Å². The Kier molecular flexibility index (Phi) is 9.76. The van der Waals surface area contributed by atoms with Gasteiger partial charge in [-0.25, -0.2) is 8.42 Å². The van der Waals surface area contributed by atoms with Crippen molar-refractivity contribution in [2.45, 2.75) is 84.3 Å². The standard InChI is InChI=1S/C29H41N3O4S/c1-21(2)25-15-17-27(18-16-25)32(37(5,35)36)20-28(33)31(19-24-13-11-22(3)12-14-24)23(4)29(34)30-26-9-7-6-8-10-26/h11-18,21,23,26H,6-10,19-20H2,1-5H3,(H,30,34)/t23-/m1/s1. The minimum Gasteiger partial charge on any atom is -0.352 e. The second kappa shape index (κ2) is 12.6. The molecule has 3 rings (SSSR count). The van der Waals surface area contributed by atoms with Gasteiger partial charge in [0.2, 0.25) is 21.8 Å². The predicted octanol–water partition coefficient (Wildman–Crippen LogP) is 4.75. The number of carbonyl (C=O) groups is 2. The Morgan fingerprint density at radius 3 is 2.08 bits per heavy atom. The van der Waals surface area contributed by atoms with Gasteiger partial charge < -0.3 is 10.2 Å². The van der Waals surface area contributed by atoms with Gasteiger partial charge in [-0.1, -0.05) is 75.1 Å². The number of hydrogen-bond acceptors (Lipinski definition) is 4. The number of aryl methyl sites for hydroxylation is 1. The van der Waals surface area contributed by atoms with E-state index in [0.717, 1.165) is 52.9 Å². The highest BCUT2D eigenvalue weighted by Crippen LogP contribution is 2.23. The summed E-state index contributed by atoms with van der Waals surface area (Å²) in [5.74, 6) is -0.333. The summed E-state index contributed by atoms with van der Waals surface area (Å²) in [4.78, 5) is 28.4. The molecule has 0 bridgehead atoms. The molecule has 0 spiro atoms. The number of hydrogen-bond donors (Lipinski definition) is 1. The molecule has 2 amide bonds. The molecule has 8 heteroatoms. The number of rotatable bonds is 10. The van der Waals surface area contributed by atoms with Crippen LogP contribution in [0.2, 0.25) is 0 Å². The molecule has 202 valence electrons. The van der Waals surface area contributed by atoms with E-state index in [1.807, 2.05) is 43.3 Å². The average Bonchev–Trinajstić information content (AvgIpc) is 2.86. The maximum atomic E-state index is 13.7. The molecule has 1 N–H and O–H groups in total. The lowest BCUT2D eigenvalue weighted by Gasteiger charge is -2.33. The van der Waals surface area contributed by atoms with Crippen LogP contribution in [0.4, 0.5) is 5.69 Å². The largest absolute Gasteiger partial charge is 0.352 e.